The van der Waals surface area contributed by atoms with E-state index in [2.05, 4.69) is 15.0 Å². The monoisotopic (exact) mass is 386 g/mol. The van der Waals surface area contributed by atoms with Crippen molar-refractivity contribution in [3.8, 4) is 0 Å². The summed E-state index contributed by atoms with van der Waals surface area (Å²) in [5.41, 5.74) is 15.1. The first kappa shape index (κ1) is 17.7. The van der Waals surface area contributed by atoms with E-state index in [9.17, 15) is 9.18 Å². The average Bonchev–Trinajstić information content (AvgIpc) is 3.15. The van der Waals surface area contributed by atoms with Gasteiger partial charge >= 0.3 is 0 Å². The molecule has 4 N–H and O–H groups in total. The van der Waals surface area contributed by atoms with Gasteiger partial charge in [-0.05, 0) is 42.5 Å². The summed E-state index contributed by atoms with van der Waals surface area (Å²) in [6.07, 6.45) is 1.90. The molecule has 7 nitrogen and oxygen atoms in total. The molecule has 0 radical (unpaired) electrons. The Bertz CT molecular complexity index is 1050. The molecule has 1 atom stereocenters. The Morgan fingerprint density at radius 1 is 1.41 bits per heavy atom. The van der Waals surface area contributed by atoms with Crippen LogP contribution in [0.1, 0.15) is 35.7 Å². The molecule has 3 aromatic rings. The summed E-state index contributed by atoms with van der Waals surface area (Å²) in [7, 11) is 0. The maximum Gasteiger partial charge on any atom is 0.219 e. The van der Waals surface area contributed by atoms with Crippen LogP contribution in [0.3, 0.4) is 0 Å². The quantitative estimate of drug-likeness (QED) is 0.697. The fourth-order valence-electron chi connectivity index (χ4n) is 3.35. The number of amides is 1. The Morgan fingerprint density at radius 2 is 2.22 bits per heavy atom. The molecule has 2 aromatic heterocycles. The molecule has 140 valence electrons. The van der Waals surface area contributed by atoms with Crippen molar-refractivity contribution >= 4 is 34.7 Å². The average molecular weight is 386 g/mol. The molecule has 0 saturated carbocycles. The van der Waals surface area contributed by atoms with Crippen LogP contribution in [0.2, 0.25) is 0 Å². The molecule has 0 fully saturated rings. The number of aromatic nitrogens is 4. The van der Waals surface area contributed by atoms with E-state index in [0.717, 1.165) is 28.0 Å². The van der Waals surface area contributed by atoms with Gasteiger partial charge in [0, 0.05) is 17.9 Å². The van der Waals surface area contributed by atoms with Crippen molar-refractivity contribution in [1.82, 2.24) is 19.5 Å². The number of aryl methyl sites for hydroxylation is 3. The molecule has 0 bridgehead atoms. The number of hydrogen-bond acceptors (Lipinski definition) is 6. The van der Waals surface area contributed by atoms with Crippen LogP contribution in [0, 0.1) is 6.92 Å². The summed E-state index contributed by atoms with van der Waals surface area (Å²) >= 11 is 1.40. The van der Waals surface area contributed by atoms with E-state index in [0.29, 0.717) is 29.3 Å². The molecular weight excluding hydrogens is 367 g/mol. The summed E-state index contributed by atoms with van der Waals surface area (Å²) < 4.78 is 16.0. The van der Waals surface area contributed by atoms with Gasteiger partial charge < -0.3 is 16.0 Å². The minimum atomic E-state index is -0.921. The first-order valence-electron chi connectivity index (χ1n) is 8.64. The van der Waals surface area contributed by atoms with E-state index in [1.807, 2.05) is 23.6 Å². The van der Waals surface area contributed by atoms with Gasteiger partial charge in [-0.1, -0.05) is 17.8 Å². The van der Waals surface area contributed by atoms with E-state index >= 15 is 0 Å². The van der Waals surface area contributed by atoms with Gasteiger partial charge in [-0.15, -0.1) is 0 Å². The fraction of sp³-hybridized carbons (Fsp3) is 0.333. The van der Waals surface area contributed by atoms with Gasteiger partial charge in [-0.25, -0.2) is 19.3 Å². The molecule has 0 aliphatic heterocycles. The van der Waals surface area contributed by atoms with Crippen LogP contribution in [0.25, 0.3) is 11.2 Å². The topological polar surface area (TPSA) is 113 Å². The summed E-state index contributed by atoms with van der Waals surface area (Å²) in [5.74, 6) is -0.141. The highest BCUT2D eigenvalue weighted by molar-refractivity contribution is 7.99. The SMILES string of the molecule is Cc1cc2c(cc1Sc1nc3c(N)ncnc3n1CCC(N)=O)C(F)CC2. The van der Waals surface area contributed by atoms with Gasteiger partial charge in [0.05, 0.1) is 0 Å². The van der Waals surface area contributed by atoms with Crippen molar-refractivity contribution in [2.24, 2.45) is 5.73 Å². The zero-order valence-electron chi connectivity index (χ0n) is 14.8. The van der Waals surface area contributed by atoms with Gasteiger partial charge in [0.2, 0.25) is 5.91 Å². The van der Waals surface area contributed by atoms with Crippen LogP contribution in [0.15, 0.2) is 28.5 Å². The highest BCUT2D eigenvalue weighted by atomic mass is 32.2. The van der Waals surface area contributed by atoms with Gasteiger partial charge in [-0.2, -0.15) is 0 Å². The Labute approximate surface area is 159 Å². The maximum atomic E-state index is 14.2. The van der Waals surface area contributed by atoms with Crippen LogP contribution in [0.4, 0.5) is 10.2 Å². The molecule has 0 saturated heterocycles. The number of hydrogen-bond donors (Lipinski definition) is 2. The van der Waals surface area contributed by atoms with Crippen molar-refractivity contribution in [1.29, 1.82) is 0 Å². The number of nitrogen functional groups attached to an aromatic ring is 1. The zero-order chi connectivity index (χ0) is 19.1. The van der Waals surface area contributed by atoms with E-state index in [4.69, 9.17) is 11.5 Å². The van der Waals surface area contributed by atoms with E-state index < -0.39 is 12.1 Å². The molecule has 2 heterocycles. The molecule has 1 aromatic carbocycles. The first-order valence-corrected chi connectivity index (χ1v) is 9.46. The lowest BCUT2D eigenvalue weighted by molar-refractivity contribution is -0.118. The number of primary amides is 1. The maximum absolute atomic E-state index is 14.2. The van der Waals surface area contributed by atoms with Crippen LogP contribution in [-0.2, 0) is 17.8 Å². The normalized spacial score (nSPS) is 16.0. The molecule has 27 heavy (non-hydrogen) atoms. The van der Waals surface area contributed by atoms with Gasteiger partial charge in [-0.3, -0.25) is 4.79 Å². The lowest BCUT2D eigenvalue weighted by Gasteiger charge is -2.11. The summed E-state index contributed by atoms with van der Waals surface area (Å²) in [4.78, 5) is 25.0. The minimum Gasteiger partial charge on any atom is -0.382 e. The van der Waals surface area contributed by atoms with Gasteiger partial charge in [0.1, 0.15) is 12.5 Å². The summed E-state index contributed by atoms with van der Waals surface area (Å²) in [5, 5.41) is 0.620. The van der Waals surface area contributed by atoms with E-state index in [1.165, 1.54) is 18.1 Å². The summed E-state index contributed by atoms with van der Waals surface area (Å²) in [6.45, 7) is 2.33. The Balaban J connectivity index is 1.77. The van der Waals surface area contributed by atoms with Gasteiger partial charge in [0.15, 0.2) is 22.1 Å². The number of fused-ring (bicyclic) bond motifs is 2. The fourth-order valence-corrected chi connectivity index (χ4v) is 4.38. The molecule has 1 unspecified atom stereocenters. The highest BCUT2D eigenvalue weighted by Crippen LogP contribution is 2.40. The van der Waals surface area contributed by atoms with Crippen molar-refractivity contribution in [2.45, 2.75) is 49.0 Å². The Hall–Kier alpha value is -2.68. The van der Waals surface area contributed by atoms with Crippen molar-refractivity contribution in [3.63, 3.8) is 0 Å². The molecule has 1 aliphatic carbocycles. The Morgan fingerprint density at radius 3 is 3.00 bits per heavy atom. The predicted molar refractivity (Wildman–Crippen MR) is 101 cm³/mol. The molecular formula is C18H19FN6OS. The number of rotatable bonds is 5. The number of alkyl halides is 1. The third-order valence-electron chi connectivity index (χ3n) is 4.75. The minimum absolute atomic E-state index is 0.151. The number of halogens is 1. The largest absolute Gasteiger partial charge is 0.382 e. The molecule has 9 heteroatoms. The van der Waals surface area contributed by atoms with Crippen molar-refractivity contribution in [3.05, 3.63) is 35.2 Å². The Kier molecular flexibility index (Phi) is 4.47. The van der Waals surface area contributed by atoms with Crippen LogP contribution < -0.4 is 11.5 Å². The predicted octanol–water partition coefficient (Wildman–Crippen LogP) is 2.70. The lowest BCUT2D eigenvalue weighted by Crippen LogP contribution is -2.14. The molecule has 1 amide bonds. The van der Waals surface area contributed by atoms with Crippen LogP contribution >= 0.6 is 11.8 Å². The number of nitrogens with two attached hydrogens (primary N) is 2. The number of anilines is 1. The van der Waals surface area contributed by atoms with Gasteiger partial charge in [0.25, 0.3) is 0 Å². The number of benzene rings is 1. The second-order valence-corrected chi connectivity index (χ2v) is 7.63. The van der Waals surface area contributed by atoms with E-state index in [1.54, 1.807) is 0 Å². The smallest absolute Gasteiger partial charge is 0.219 e. The second kappa shape index (κ2) is 6.80. The molecule has 4 rings (SSSR count). The third-order valence-corrected chi connectivity index (χ3v) is 5.90. The number of carbonyl (C=O) groups is 1. The lowest BCUT2D eigenvalue weighted by atomic mass is 10.1. The standard InChI is InChI=1S/C18H19FN6OS/c1-9-6-10-2-3-12(19)11(10)7-13(9)27-18-24-15-16(21)22-8-23-17(15)25(18)5-4-14(20)26/h6-8,12H,2-5H2,1H3,(H2,20,26)(H2,21,22,23). The van der Waals surface area contributed by atoms with E-state index in [-0.39, 0.29) is 12.2 Å². The summed E-state index contributed by atoms with van der Waals surface area (Å²) in [6, 6.07) is 3.95. The van der Waals surface area contributed by atoms with Crippen LogP contribution in [0.5, 0.6) is 0 Å². The molecule has 1 aliphatic rings. The number of carbonyl (C=O) groups excluding carboxylic acids is 1. The van der Waals surface area contributed by atoms with Crippen molar-refractivity contribution in [2.75, 3.05) is 5.73 Å². The highest BCUT2D eigenvalue weighted by Gasteiger charge is 2.24. The molecule has 0 spiro atoms. The number of nitrogens with zero attached hydrogens (tertiary/aromatic N) is 4. The van der Waals surface area contributed by atoms with Crippen molar-refractivity contribution < 1.29 is 9.18 Å². The third kappa shape index (κ3) is 3.23. The zero-order valence-corrected chi connectivity index (χ0v) is 15.6. The first-order chi connectivity index (χ1) is 12.9. The number of imidazole rings is 1. The second-order valence-electron chi connectivity index (χ2n) is 6.62. The van der Waals surface area contributed by atoms with Crippen LogP contribution in [-0.4, -0.2) is 25.4 Å².